The van der Waals surface area contributed by atoms with Crippen molar-refractivity contribution in [2.75, 3.05) is 6.54 Å². The molecule has 1 amide bonds. The molecular weight excluding hydrogens is 434 g/mol. The Bertz CT molecular complexity index is 1110. The van der Waals surface area contributed by atoms with Crippen molar-refractivity contribution in [3.8, 4) is 0 Å². The van der Waals surface area contributed by atoms with Crippen LogP contribution in [0.15, 0.2) is 47.6 Å². The molecule has 2 aromatic carbocycles. The molecule has 34 heavy (non-hydrogen) atoms. The lowest BCUT2D eigenvalue weighted by molar-refractivity contribution is -0.162. The first kappa shape index (κ1) is 23.7. The Morgan fingerprint density at radius 1 is 1.12 bits per heavy atom. The Labute approximate surface area is 197 Å². The maximum Gasteiger partial charge on any atom is 0.336 e. The number of carbonyl (C=O) groups is 3. The van der Waals surface area contributed by atoms with E-state index in [1.54, 1.807) is 12.1 Å². The van der Waals surface area contributed by atoms with Gasteiger partial charge in [0, 0.05) is 17.0 Å². The number of nitrogens with one attached hydrogen (secondary N) is 2. The normalized spacial score (nSPS) is 21.4. The van der Waals surface area contributed by atoms with Gasteiger partial charge in [-0.25, -0.2) is 9.59 Å². The molecule has 3 atom stereocenters. The van der Waals surface area contributed by atoms with Crippen LogP contribution < -0.4 is 10.6 Å². The molecule has 0 aromatic heterocycles. The highest BCUT2D eigenvalue weighted by molar-refractivity contribution is 6.01. The van der Waals surface area contributed by atoms with Gasteiger partial charge >= 0.3 is 11.9 Å². The fourth-order valence-electron chi connectivity index (χ4n) is 4.84. The molecule has 1 saturated heterocycles. The standard InChI is InChI=1S/C25H29N5O4/c26-30-29-20-14-21(27-15-20)24(32)34-25(33)22(12-16-6-2-1-3-7-16)28-23(31)19-11-10-17-8-4-5-9-18(17)13-19/h4-5,8-11,13,16,20-22,27H,1-3,6-7,12,14-15H2,(H,28,31)/t20-,21-,22-/m0/s1. The zero-order valence-corrected chi connectivity index (χ0v) is 19.0. The van der Waals surface area contributed by atoms with Crippen LogP contribution in [0.25, 0.3) is 21.2 Å². The van der Waals surface area contributed by atoms with Crippen LogP contribution in [0.3, 0.4) is 0 Å². The molecule has 9 heteroatoms. The summed E-state index contributed by atoms with van der Waals surface area (Å²) in [5.74, 6) is -1.55. The van der Waals surface area contributed by atoms with E-state index < -0.39 is 24.0 Å². The number of benzene rings is 2. The summed E-state index contributed by atoms with van der Waals surface area (Å²) in [6, 6.07) is 11.1. The smallest absolute Gasteiger partial charge is 0.336 e. The van der Waals surface area contributed by atoms with Gasteiger partial charge in [-0.2, -0.15) is 0 Å². The predicted octanol–water partition coefficient (Wildman–Crippen LogP) is 4.02. The maximum absolute atomic E-state index is 13.0. The number of rotatable bonds is 7. The molecule has 2 fully saturated rings. The molecule has 0 unspecified atom stereocenters. The third kappa shape index (κ3) is 5.92. The van der Waals surface area contributed by atoms with Gasteiger partial charge in [-0.3, -0.25) is 4.79 Å². The molecule has 0 spiro atoms. The largest absolute Gasteiger partial charge is 0.390 e. The van der Waals surface area contributed by atoms with Gasteiger partial charge in [0.05, 0.1) is 6.04 Å². The minimum absolute atomic E-state index is 0.271. The summed E-state index contributed by atoms with van der Waals surface area (Å²) in [5, 5.41) is 11.3. The summed E-state index contributed by atoms with van der Waals surface area (Å²) in [6.07, 6.45) is 6.04. The number of fused-ring (bicyclic) bond motifs is 1. The molecule has 0 radical (unpaired) electrons. The Balaban J connectivity index is 1.45. The quantitative estimate of drug-likeness (QED) is 0.210. The van der Waals surface area contributed by atoms with Crippen LogP contribution >= 0.6 is 0 Å². The summed E-state index contributed by atoms with van der Waals surface area (Å²) in [4.78, 5) is 41.4. The van der Waals surface area contributed by atoms with Crippen LogP contribution in [0.1, 0.15) is 55.3 Å². The molecule has 178 valence electrons. The Morgan fingerprint density at radius 3 is 2.65 bits per heavy atom. The van der Waals surface area contributed by atoms with E-state index in [4.69, 9.17) is 10.3 Å². The number of nitrogens with zero attached hydrogens (tertiary/aromatic N) is 3. The van der Waals surface area contributed by atoms with Crippen molar-refractivity contribution in [1.82, 2.24) is 10.6 Å². The van der Waals surface area contributed by atoms with Crippen molar-refractivity contribution in [2.45, 2.75) is 63.1 Å². The van der Waals surface area contributed by atoms with Crippen LogP contribution in [0.2, 0.25) is 0 Å². The average molecular weight is 464 g/mol. The van der Waals surface area contributed by atoms with Crippen LogP contribution in [-0.2, 0) is 14.3 Å². The van der Waals surface area contributed by atoms with Crippen LogP contribution in [0.5, 0.6) is 0 Å². The molecule has 1 saturated carbocycles. The summed E-state index contributed by atoms with van der Waals surface area (Å²) in [7, 11) is 0. The van der Waals surface area contributed by atoms with Crippen molar-refractivity contribution in [3.05, 3.63) is 58.5 Å². The van der Waals surface area contributed by atoms with Gasteiger partial charge < -0.3 is 15.4 Å². The number of esters is 2. The SMILES string of the molecule is [N-]=[N+]=N[C@@H]1CN[C@H](C(=O)OC(=O)[C@H](CC2CCCCC2)NC(=O)c2ccc3ccccc3c2)C1. The number of hydrogen-bond acceptors (Lipinski definition) is 6. The lowest BCUT2D eigenvalue weighted by Gasteiger charge is -2.26. The summed E-state index contributed by atoms with van der Waals surface area (Å²) in [5.41, 5.74) is 9.03. The molecule has 9 nitrogen and oxygen atoms in total. The molecular formula is C25H29N5O4. The second-order valence-corrected chi connectivity index (χ2v) is 9.12. The van der Waals surface area contributed by atoms with Crippen molar-refractivity contribution in [2.24, 2.45) is 11.0 Å². The van der Waals surface area contributed by atoms with Crippen LogP contribution in [-0.4, -0.2) is 42.5 Å². The molecule has 4 rings (SSSR count). The maximum atomic E-state index is 13.0. The lowest BCUT2D eigenvalue weighted by atomic mass is 9.84. The molecule has 1 heterocycles. The predicted molar refractivity (Wildman–Crippen MR) is 127 cm³/mol. The van der Waals surface area contributed by atoms with E-state index in [2.05, 4.69) is 20.7 Å². The average Bonchev–Trinajstić information content (AvgIpc) is 3.33. The third-order valence-electron chi connectivity index (χ3n) is 6.70. The number of azide groups is 1. The molecule has 1 aliphatic carbocycles. The van der Waals surface area contributed by atoms with Crippen LogP contribution in [0, 0.1) is 5.92 Å². The number of amides is 1. The van der Waals surface area contributed by atoms with E-state index >= 15 is 0 Å². The highest BCUT2D eigenvalue weighted by Crippen LogP contribution is 2.28. The highest BCUT2D eigenvalue weighted by atomic mass is 16.6. The third-order valence-corrected chi connectivity index (χ3v) is 6.70. The first-order valence-corrected chi connectivity index (χ1v) is 11.9. The molecule has 0 bridgehead atoms. The summed E-state index contributed by atoms with van der Waals surface area (Å²) >= 11 is 0. The van der Waals surface area contributed by atoms with E-state index in [0.717, 1.165) is 36.5 Å². The zero-order valence-electron chi connectivity index (χ0n) is 19.0. The van der Waals surface area contributed by atoms with Gasteiger partial charge in [0.15, 0.2) is 0 Å². The van der Waals surface area contributed by atoms with Crippen molar-refractivity contribution in [3.63, 3.8) is 0 Å². The van der Waals surface area contributed by atoms with Crippen molar-refractivity contribution < 1.29 is 19.1 Å². The van der Waals surface area contributed by atoms with Gasteiger partial charge in [0.2, 0.25) is 0 Å². The number of carbonyl (C=O) groups excluding carboxylic acids is 3. The van der Waals surface area contributed by atoms with Crippen molar-refractivity contribution in [1.29, 1.82) is 0 Å². The second kappa shape index (κ2) is 11.1. The zero-order chi connectivity index (χ0) is 23.9. The lowest BCUT2D eigenvalue weighted by Crippen LogP contribution is -2.45. The fraction of sp³-hybridized carbons (Fsp3) is 0.480. The number of hydrogen-bond donors (Lipinski definition) is 2. The Morgan fingerprint density at radius 2 is 1.88 bits per heavy atom. The summed E-state index contributed by atoms with van der Waals surface area (Å²) < 4.78 is 5.18. The molecule has 1 aliphatic heterocycles. The topological polar surface area (TPSA) is 133 Å². The first-order chi connectivity index (χ1) is 16.5. The Kier molecular flexibility index (Phi) is 7.77. The minimum atomic E-state index is -0.916. The van der Waals surface area contributed by atoms with E-state index in [-0.39, 0.29) is 24.3 Å². The fourth-order valence-corrected chi connectivity index (χ4v) is 4.84. The van der Waals surface area contributed by atoms with Crippen LogP contribution in [0.4, 0.5) is 0 Å². The summed E-state index contributed by atoms with van der Waals surface area (Å²) in [6.45, 7) is 0.349. The first-order valence-electron chi connectivity index (χ1n) is 11.9. The van der Waals surface area contributed by atoms with Gasteiger partial charge in [-0.15, -0.1) is 0 Å². The van der Waals surface area contributed by atoms with E-state index in [9.17, 15) is 14.4 Å². The molecule has 2 aromatic rings. The monoisotopic (exact) mass is 463 g/mol. The van der Waals surface area contributed by atoms with Gasteiger partial charge in [0.1, 0.15) is 12.1 Å². The number of ether oxygens (including phenoxy) is 1. The molecule has 2 aliphatic rings. The van der Waals surface area contributed by atoms with Crippen molar-refractivity contribution >= 4 is 28.6 Å². The second-order valence-electron chi connectivity index (χ2n) is 9.12. The Hall–Kier alpha value is -3.42. The van der Waals surface area contributed by atoms with Gasteiger partial charge in [0.25, 0.3) is 5.91 Å². The van der Waals surface area contributed by atoms with Gasteiger partial charge in [-0.05, 0) is 47.2 Å². The minimum Gasteiger partial charge on any atom is -0.390 e. The molecule has 2 N–H and O–H groups in total. The van der Waals surface area contributed by atoms with E-state index in [1.165, 1.54) is 6.42 Å². The highest BCUT2D eigenvalue weighted by Gasteiger charge is 2.34. The van der Waals surface area contributed by atoms with E-state index in [0.29, 0.717) is 18.5 Å². The van der Waals surface area contributed by atoms with E-state index in [1.807, 2.05) is 30.3 Å². The van der Waals surface area contributed by atoms with Gasteiger partial charge in [-0.1, -0.05) is 67.6 Å².